The van der Waals surface area contributed by atoms with E-state index in [0.717, 1.165) is 36.1 Å². The van der Waals surface area contributed by atoms with Crippen LogP contribution in [0, 0.1) is 23.0 Å². The van der Waals surface area contributed by atoms with Crippen molar-refractivity contribution in [2.45, 2.75) is 53.0 Å². The minimum atomic E-state index is -0.559. The number of nitrogens with zero attached hydrogens (tertiary/aromatic N) is 3. The first kappa shape index (κ1) is 21.0. The smallest absolute Gasteiger partial charge is 0.390 e. The average molecular weight is 420 g/mol. The molecule has 0 saturated heterocycles. The number of ether oxygens (including phenoxy) is 1. The number of amides is 1. The van der Waals surface area contributed by atoms with E-state index < -0.39 is 16.8 Å². The quantitative estimate of drug-likeness (QED) is 0.416. The lowest BCUT2D eigenvalue weighted by Crippen LogP contribution is -2.26. The zero-order chi connectivity index (χ0) is 21.1. The molecule has 1 atom stereocenters. The maximum atomic E-state index is 12.8. The number of hydrogen-bond acceptors (Lipinski definition) is 7. The molecule has 1 N–H and O–H groups in total. The number of nitro groups is 1. The molecular weight excluding hydrogens is 396 g/mol. The summed E-state index contributed by atoms with van der Waals surface area (Å²) in [4.78, 5) is 36.7. The molecule has 2 aromatic rings. The van der Waals surface area contributed by atoms with Gasteiger partial charge in [0, 0.05) is 4.88 Å². The van der Waals surface area contributed by atoms with Gasteiger partial charge in [0.25, 0.3) is 0 Å². The monoisotopic (exact) mass is 420 g/mol. The molecule has 0 spiro atoms. The molecule has 2 aromatic heterocycles. The number of aryl methyl sites for hydroxylation is 2. The number of carbonyl (C=O) groups is 2. The van der Waals surface area contributed by atoms with E-state index in [1.165, 1.54) is 22.1 Å². The van der Waals surface area contributed by atoms with Gasteiger partial charge in [-0.2, -0.15) is 4.68 Å². The maximum Gasteiger partial charge on any atom is 0.390 e. The summed E-state index contributed by atoms with van der Waals surface area (Å²) < 4.78 is 6.66. The summed E-state index contributed by atoms with van der Waals surface area (Å²) in [7, 11) is 0. The third kappa shape index (κ3) is 4.47. The predicted molar refractivity (Wildman–Crippen MR) is 108 cm³/mol. The van der Waals surface area contributed by atoms with Crippen molar-refractivity contribution in [3.05, 3.63) is 37.9 Å². The molecule has 2 heterocycles. The largest absolute Gasteiger partial charge is 0.462 e. The van der Waals surface area contributed by atoms with E-state index in [9.17, 15) is 19.7 Å². The summed E-state index contributed by atoms with van der Waals surface area (Å²) in [6.45, 7) is 5.65. The molecule has 0 aliphatic heterocycles. The van der Waals surface area contributed by atoms with Gasteiger partial charge in [0.05, 0.1) is 41.5 Å². The summed E-state index contributed by atoms with van der Waals surface area (Å²) in [5, 5.41) is 18.2. The molecule has 156 valence electrons. The number of carbonyl (C=O) groups excluding carboxylic acids is 2. The van der Waals surface area contributed by atoms with Gasteiger partial charge < -0.3 is 20.2 Å². The SMILES string of the molecule is CCOC(=O)c1c(NC(=O)C(C)Cn2nc([N+](=O)[O-])cc2C)sc2c1CCCC2. The molecule has 1 amide bonds. The lowest BCUT2D eigenvalue weighted by Gasteiger charge is -2.13. The lowest BCUT2D eigenvalue weighted by molar-refractivity contribution is -0.389. The zero-order valence-corrected chi connectivity index (χ0v) is 17.5. The number of fused-ring (bicyclic) bond motifs is 1. The van der Waals surface area contributed by atoms with Crippen LogP contribution in [0.3, 0.4) is 0 Å². The second-order valence-electron chi connectivity index (χ2n) is 7.11. The van der Waals surface area contributed by atoms with Crippen LogP contribution in [-0.2, 0) is 28.9 Å². The average Bonchev–Trinajstić information content (AvgIpc) is 3.22. The number of nitrogens with one attached hydrogen (secondary N) is 1. The first-order chi connectivity index (χ1) is 13.8. The molecule has 1 aliphatic rings. The fourth-order valence-corrected chi connectivity index (χ4v) is 4.70. The number of esters is 1. The summed E-state index contributed by atoms with van der Waals surface area (Å²) in [6.07, 6.45) is 3.78. The molecule has 0 saturated carbocycles. The first-order valence-electron chi connectivity index (χ1n) is 9.63. The van der Waals surface area contributed by atoms with Crippen LogP contribution in [0.25, 0.3) is 0 Å². The molecular formula is C19H24N4O5S. The van der Waals surface area contributed by atoms with Crippen molar-refractivity contribution >= 4 is 34.0 Å². The summed E-state index contributed by atoms with van der Waals surface area (Å²) in [5.41, 5.74) is 2.06. The molecule has 0 aromatic carbocycles. The van der Waals surface area contributed by atoms with E-state index in [0.29, 0.717) is 16.3 Å². The maximum absolute atomic E-state index is 12.8. The number of thiophene rings is 1. The van der Waals surface area contributed by atoms with Crippen molar-refractivity contribution in [3.63, 3.8) is 0 Å². The standard InChI is InChI=1S/C19H24N4O5S/c1-4-28-19(25)16-13-7-5-6-8-14(13)29-18(16)20-17(24)11(2)10-22-12(3)9-15(21-22)23(26)27/h9,11H,4-8,10H2,1-3H3,(H,20,24). The summed E-state index contributed by atoms with van der Waals surface area (Å²) >= 11 is 1.43. The third-order valence-corrected chi connectivity index (χ3v) is 6.14. The van der Waals surface area contributed by atoms with Crippen LogP contribution in [0.5, 0.6) is 0 Å². The minimum Gasteiger partial charge on any atom is -0.462 e. The van der Waals surface area contributed by atoms with Gasteiger partial charge >= 0.3 is 11.8 Å². The van der Waals surface area contributed by atoms with Gasteiger partial charge in [-0.25, -0.2) is 4.79 Å². The van der Waals surface area contributed by atoms with E-state index in [-0.39, 0.29) is 24.9 Å². The summed E-state index contributed by atoms with van der Waals surface area (Å²) in [5.74, 6) is -1.42. The van der Waals surface area contributed by atoms with Gasteiger partial charge in [-0.3, -0.25) is 4.79 Å². The zero-order valence-electron chi connectivity index (χ0n) is 16.7. The number of aromatic nitrogens is 2. The van der Waals surface area contributed by atoms with Crippen molar-refractivity contribution in [1.29, 1.82) is 0 Å². The summed E-state index contributed by atoms with van der Waals surface area (Å²) in [6, 6.07) is 1.37. The van der Waals surface area contributed by atoms with E-state index in [4.69, 9.17) is 4.74 Å². The number of hydrogen-bond donors (Lipinski definition) is 1. The Labute approximate surface area is 172 Å². The van der Waals surface area contributed by atoms with Crippen molar-refractivity contribution in [1.82, 2.24) is 9.78 Å². The Morgan fingerprint density at radius 3 is 2.79 bits per heavy atom. The number of anilines is 1. The molecule has 9 nitrogen and oxygen atoms in total. The van der Waals surface area contributed by atoms with Crippen LogP contribution in [0.15, 0.2) is 6.07 Å². The topological polar surface area (TPSA) is 116 Å². The molecule has 1 unspecified atom stereocenters. The van der Waals surface area contributed by atoms with Gasteiger partial charge in [-0.1, -0.05) is 6.92 Å². The highest BCUT2D eigenvalue weighted by Gasteiger charge is 2.28. The van der Waals surface area contributed by atoms with Gasteiger partial charge in [0.15, 0.2) is 0 Å². The fraction of sp³-hybridized carbons (Fsp3) is 0.526. The van der Waals surface area contributed by atoms with Crippen LogP contribution < -0.4 is 5.32 Å². The Balaban J connectivity index is 1.78. The van der Waals surface area contributed by atoms with Crippen LogP contribution in [0.2, 0.25) is 0 Å². The van der Waals surface area contributed by atoms with E-state index >= 15 is 0 Å². The Bertz CT molecular complexity index is 949. The molecule has 29 heavy (non-hydrogen) atoms. The molecule has 10 heteroatoms. The van der Waals surface area contributed by atoms with E-state index in [1.54, 1.807) is 20.8 Å². The first-order valence-corrected chi connectivity index (χ1v) is 10.4. The van der Waals surface area contributed by atoms with Gasteiger partial charge in [-0.05, 0) is 50.0 Å². The highest BCUT2D eigenvalue weighted by Crippen LogP contribution is 2.38. The van der Waals surface area contributed by atoms with Crippen LogP contribution >= 0.6 is 11.3 Å². The Morgan fingerprint density at radius 2 is 2.14 bits per heavy atom. The Hall–Kier alpha value is -2.75. The fourth-order valence-electron chi connectivity index (χ4n) is 3.42. The second kappa shape index (κ2) is 8.73. The molecule has 0 fully saturated rings. The van der Waals surface area contributed by atoms with Crippen LogP contribution in [-0.4, -0.2) is 33.2 Å². The Morgan fingerprint density at radius 1 is 1.41 bits per heavy atom. The molecule has 1 aliphatic carbocycles. The normalized spacial score (nSPS) is 14.2. The van der Waals surface area contributed by atoms with Crippen molar-refractivity contribution in [2.24, 2.45) is 5.92 Å². The highest BCUT2D eigenvalue weighted by atomic mass is 32.1. The lowest BCUT2D eigenvalue weighted by atomic mass is 9.95. The van der Waals surface area contributed by atoms with Gasteiger partial charge in [0.1, 0.15) is 5.00 Å². The van der Waals surface area contributed by atoms with Crippen molar-refractivity contribution < 1.29 is 19.2 Å². The van der Waals surface area contributed by atoms with Gasteiger partial charge in [-0.15, -0.1) is 11.3 Å². The van der Waals surface area contributed by atoms with E-state index in [1.807, 2.05) is 0 Å². The third-order valence-electron chi connectivity index (χ3n) is 4.94. The second-order valence-corrected chi connectivity index (χ2v) is 8.21. The van der Waals surface area contributed by atoms with Crippen molar-refractivity contribution in [2.75, 3.05) is 11.9 Å². The van der Waals surface area contributed by atoms with Crippen molar-refractivity contribution in [3.8, 4) is 0 Å². The minimum absolute atomic E-state index is 0.200. The number of rotatable bonds is 7. The highest BCUT2D eigenvalue weighted by molar-refractivity contribution is 7.17. The van der Waals surface area contributed by atoms with Crippen LogP contribution in [0.1, 0.15) is 53.2 Å². The predicted octanol–water partition coefficient (Wildman–Crippen LogP) is 3.49. The Kier molecular flexibility index (Phi) is 6.31. The molecule has 3 rings (SSSR count). The van der Waals surface area contributed by atoms with E-state index in [2.05, 4.69) is 10.4 Å². The molecule has 0 radical (unpaired) electrons. The molecule has 0 bridgehead atoms. The van der Waals surface area contributed by atoms with Gasteiger partial charge in [0.2, 0.25) is 5.91 Å². The van der Waals surface area contributed by atoms with Crippen LogP contribution in [0.4, 0.5) is 10.8 Å².